The first-order valence-corrected chi connectivity index (χ1v) is 5.97. The molecular formula is C15H13N3O. The van der Waals surface area contributed by atoms with Crippen LogP contribution < -0.4 is 0 Å². The summed E-state index contributed by atoms with van der Waals surface area (Å²) in [6.07, 6.45) is 5.38. The predicted molar refractivity (Wildman–Crippen MR) is 73.5 cm³/mol. The van der Waals surface area contributed by atoms with Crippen LogP contribution >= 0.6 is 0 Å². The number of pyridine rings is 1. The quantitative estimate of drug-likeness (QED) is 0.762. The van der Waals surface area contributed by atoms with E-state index in [1.165, 1.54) is 0 Å². The van der Waals surface area contributed by atoms with Crippen LogP contribution in [0.2, 0.25) is 0 Å². The lowest BCUT2D eigenvalue weighted by molar-refractivity contribution is 0.475. The number of phenolic OH excluding ortho intramolecular Hbond substituents is 1. The summed E-state index contributed by atoms with van der Waals surface area (Å²) in [5.74, 6) is 0.261. The second-order valence-corrected chi connectivity index (χ2v) is 4.31. The molecule has 19 heavy (non-hydrogen) atoms. The highest BCUT2D eigenvalue weighted by Crippen LogP contribution is 2.31. The molecule has 0 bridgehead atoms. The van der Waals surface area contributed by atoms with Crippen LogP contribution in [0.1, 0.15) is 0 Å². The van der Waals surface area contributed by atoms with Gasteiger partial charge in [-0.25, -0.2) is 0 Å². The Morgan fingerprint density at radius 2 is 1.63 bits per heavy atom. The molecule has 94 valence electrons. The summed E-state index contributed by atoms with van der Waals surface area (Å²) in [6.45, 7) is 0. The third kappa shape index (κ3) is 2.08. The number of aryl methyl sites for hydroxylation is 1. The number of aromatic nitrogens is 3. The lowest BCUT2D eigenvalue weighted by Gasteiger charge is -2.06. The summed E-state index contributed by atoms with van der Waals surface area (Å²) >= 11 is 0. The Kier molecular flexibility index (Phi) is 2.76. The van der Waals surface area contributed by atoms with Gasteiger partial charge in [0.2, 0.25) is 0 Å². The van der Waals surface area contributed by atoms with E-state index in [9.17, 15) is 5.11 Å². The molecule has 0 unspecified atom stereocenters. The van der Waals surface area contributed by atoms with Gasteiger partial charge in [0.15, 0.2) is 0 Å². The molecule has 0 aliphatic carbocycles. The number of aromatic hydroxyl groups is 1. The van der Waals surface area contributed by atoms with Crippen molar-refractivity contribution >= 4 is 0 Å². The van der Waals surface area contributed by atoms with Gasteiger partial charge in [0.25, 0.3) is 0 Å². The Morgan fingerprint density at radius 1 is 0.947 bits per heavy atom. The van der Waals surface area contributed by atoms with Gasteiger partial charge in [-0.15, -0.1) is 0 Å². The zero-order chi connectivity index (χ0) is 13.2. The molecule has 3 aromatic rings. The largest absolute Gasteiger partial charge is 0.508 e. The topological polar surface area (TPSA) is 50.9 Å². The van der Waals surface area contributed by atoms with E-state index in [0.717, 1.165) is 22.4 Å². The number of hydrogen-bond donors (Lipinski definition) is 1. The number of nitrogens with zero attached hydrogens (tertiary/aromatic N) is 3. The van der Waals surface area contributed by atoms with Crippen LogP contribution in [0, 0.1) is 0 Å². The van der Waals surface area contributed by atoms with Crippen molar-refractivity contribution in [1.29, 1.82) is 0 Å². The first-order chi connectivity index (χ1) is 9.25. The molecule has 0 fully saturated rings. The van der Waals surface area contributed by atoms with E-state index < -0.39 is 0 Å². The minimum atomic E-state index is 0.261. The van der Waals surface area contributed by atoms with Crippen LogP contribution in [-0.4, -0.2) is 19.9 Å². The number of phenols is 1. The average Bonchev–Trinajstić information content (AvgIpc) is 2.83. The molecule has 3 rings (SSSR count). The smallest absolute Gasteiger partial charge is 0.115 e. The molecule has 0 aliphatic heterocycles. The van der Waals surface area contributed by atoms with Gasteiger partial charge in [-0.2, -0.15) is 5.10 Å². The molecule has 1 aromatic carbocycles. The van der Waals surface area contributed by atoms with Gasteiger partial charge in [0.05, 0.1) is 11.9 Å². The van der Waals surface area contributed by atoms with Gasteiger partial charge in [0.1, 0.15) is 5.75 Å². The second-order valence-electron chi connectivity index (χ2n) is 4.31. The van der Waals surface area contributed by atoms with Crippen molar-refractivity contribution in [2.24, 2.45) is 7.05 Å². The summed E-state index contributed by atoms with van der Waals surface area (Å²) in [4.78, 5) is 4.03. The fraction of sp³-hybridized carbons (Fsp3) is 0.0667. The first kappa shape index (κ1) is 11.5. The van der Waals surface area contributed by atoms with E-state index >= 15 is 0 Å². The fourth-order valence-corrected chi connectivity index (χ4v) is 2.14. The van der Waals surface area contributed by atoms with Crippen molar-refractivity contribution in [2.45, 2.75) is 0 Å². The van der Waals surface area contributed by atoms with Crippen molar-refractivity contribution in [1.82, 2.24) is 14.8 Å². The van der Waals surface area contributed by atoms with Crippen molar-refractivity contribution < 1.29 is 5.11 Å². The van der Waals surface area contributed by atoms with Crippen molar-refractivity contribution in [3.63, 3.8) is 0 Å². The SMILES string of the molecule is Cn1ncc(-c2ccncc2)c1-c1ccc(O)cc1. The Labute approximate surface area is 111 Å². The summed E-state index contributed by atoms with van der Waals surface area (Å²) in [5.41, 5.74) is 4.16. The maximum absolute atomic E-state index is 9.38. The Morgan fingerprint density at radius 3 is 2.32 bits per heavy atom. The maximum Gasteiger partial charge on any atom is 0.115 e. The van der Waals surface area contributed by atoms with E-state index in [2.05, 4.69) is 10.1 Å². The molecule has 0 saturated heterocycles. The van der Waals surface area contributed by atoms with Gasteiger partial charge < -0.3 is 5.11 Å². The molecule has 0 aliphatic rings. The van der Waals surface area contributed by atoms with Crippen molar-refractivity contribution in [2.75, 3.05) is 0 Å². The highest BCUT2D eigenvalue weighted by molar-refractivity contribution is 5.80. The molecule has 0 spiro atoms. The number of rotatable bonds is 2. The van der Waals surface area contributed by atoms with Crippen LogP contribution in [-0.2, 0) is 7.05 Å². The Hall–Kier alpha value is -2.62. The highest BCUT2D eigenvalue weighted by Gasteiger charge is 2.12. The van der Waals surface area contributed by atoms with Gasteiger partial charge >= 0.3 is 0 Å². The van der Waals surface area contributed by atoms with Crippen LogP contribution in [0.3, 0.4) is 0 Å². The van der Waals surface area contributed by atoms with Gasteiger partial charge in [-0.3, -0.25) is 9.67 Å². The predicted octanol–water partition coefficient (Wildman–Crippen LogP) is 2.85. The Bertz CT molecular complexity index is 687. The average molecular weight is 251 g/mol. The van der Waals surface area contributed by atoms with Crippen LogP contribution in [0.5, 0.6) is 5.75 Å². The normalized spacial score (nSPS) is 10.6. The van der Waals surface area contributed by atoms with E-state index in [0.29, 0.717) is 0 Å². The molecule has 2 heterocycles. The maximum atomic E-state index is 9.38. The van der Waals surface area contributed by atoms with E-state index in [1.54, 1.807) is 24.5 Å². The molecule has 4 heteroatoms. The lowest BCUT2D eigenvalue weighted by Crippen LogP contribution is -1.94. The fourth-order valence-electron chi connectivity index (χ4n) is 2.14. The third-order valence-corrected chi connectivity index (χ3v) is 3.07. The van der Waals surface area contributed by atoms with Crippen molar-refractivity contribution in [3.8, 4) is 28.1 Å². The number of benzene rings is 1. The van der Waals surface area contributed by atoms with E-state index in [-0.39, 0.29) is 5.75 Å². The van der Waals surface area contributed by atoms with Gasteiger partial charge in [-0.1, -0.05) is 0 Å². The minimum absolute atomic E-state index is 0.261. The Balaban J connectivity index is 2.17. The second kappa shape index (κ2) is 4.57. The molecule has 2 aromatic heterocycles. The van der Waals surface area contributed by atoms with Crippen molar-refractivity contribution in [3.05, 3.63) is 55.0 Å². The molecular weight excluding hydrogens is 238 g/mol. The molecule has 0 saturated carbocycles. The molecule has 0 amide bonds. The highest BCUT2D eigenvalue weighted by atomic mass is 16.3. The summed E-state index contributed by atoms with van der Waals surface area (Å²) in [6, 6.07) is 11.0. The monoisotopic (exact) mass is 251 g/mol. The molecule has 0 atom stereocenters. The summed E-state index contributed by atoms with van der Waals surface area (Å²) in [7, 11) is 1.91. The van der Waals surface area contributed by atoms with Crippen LogP contribution in [0.15, 0.2) is 55.0 Å². The zero-order valence-electron chi connectivity index (χ0n) is 10.5. The summed E-state index contributed by atoms with van der Waals surface area (Å²) < 4.78 is 1.84. The van der Waals surface area contributed by atoms with Crippen LogP contribution in [0.25, 0.3) is 22.4 Å². The van der Waals surface area contributed by atoms with E-state index in [1.807, 2.05) is 42.2 Å². The zero-order valence-corrected chi connectivity index (χ0v) is 10.5. The lowest BCUT2D eigenvalue weighted by atomic mass is 10.0. The molecule has 0 radical (unpaired) electrons. The third-order valence-electron chi connectivity index (χ3n) is 3.07. The standard InChI is InChI=1S/C15H13N3O/c1-18-15(12-2-4-13(19)5-3-12)14(10-17-18)11-6-8-16-9-7-11/h2-10,19H,1H3. The first-order valence-electron chi connectivity index (χ1n) is 5.97. The van der Waals surface area contributed by atoms with Crippen LogP contribution in [0.4, 0.5) is 0 Å². The number of hydrogen-bond acceptors (Lipinski definition) is 3. The minimum Gasteiger partial charge on any atom is -0.508 e. The van der Waals surface area contributed by atoms with E-state index in [4.69, 9.17) is 0 Å². The van der Waals surface area contributed by atoms with Gasteiger partial charge in [-0.05, 0) is 42.0 Å². The molecule has 4 nitrogen and oxygen atoms in total. The van der Waals surface area contributed by atoms with Gasteiger partial charge in [0, 0.05) is 30.6 Å². The summed E-state index contributed by atoms with van der Waals surface area (Å²) in [5, 5.41) is 13.7. The molecule has 1 N–H and O–H groups in total.